The number of hydrogen-bond donors (Lipinski definition) is 0. The molecule has 0 atom stereocenters. The maximum Gasteiger partial charge on any atom is 0.252 e. The number of hydrogen-bond acceptors (Lipinski definition) is 6. The standard InChI is InChI=1S/C104H96B2N4O2S2/c1-98(2,3)57-40-43-73-78(50-57)107(77-34-27-32-67-65-41-38-59(100(7,8)9)56-85(65)112-95(67)77)80-52-61(102(13,14)15)53-82-88(80)106(73)75-49-62(47-71-91(75)109(82)93-69-30-22-25-37-87(69)114-97(71)93)103(16,17)44-45-104(18,19)63-54-81-89-83(55-63)110-90-70(96-92(110)68-29-21-24-36-86(68)113-96)46-60(101(10,11)12)48-74(90)105(89)72-42-39-58(99(4,5)6)51-79(72)108(81)76-33-26-31-66-64-28-20-23-35-84(64)111-94(66)76/h20-43,46-56H,44-45H2,1-19H3. The van der Waals surface area contributed by atoms with Crippen LogP contribution in [-0.2, 0) is 37.9 Å². The van der Waals surface area contributed by atoms with Crippen LogP contribution in [0, 0.1) is 0 Å². The van der Waals surface area contributed by atoms with Crippen LogP contribution in [0.4, 0.5) is 34.1 Å². The summed E-state index contributed by atoms with van der Waals surface area (Å²) in [5.41, 5.74) is 34.5. The predicted molar refractivity (Wildman–Crippen MR) is 494 cm³/mol. The SMILES string of the molecule is CC(C)(C)c1ccc2c(c1)N(c1cccc3c1oc1ccccc13)c1cc(C(C)(C)CCC(C)(C)c3cc4c5c(c3)c3sc6ccccc6c3n5-c3cc(C(C)(C)C)cc5c3B4c3ccc(C(C)(C)C)cc3N5c3cccc4c3oc3cc(C(C)(C)C)ccc34)cc3c1B2c1cc(C(C)(C)C)cc2c4sc5ccccc5c4n-3c12. The molecule has 0 saturated carbocycles. The Hall–Kier alpha value is -10.5. The summed E-state index contributed by atoms with van der Waals surface area (Å²) < 4.78 is 25.3. The Kier molecular flexibility index (Phi) is 14.3. The zero-order valence-corrected chi connectivity index (χ0v) is 70.8. The Labute approximate surface area is 677 Å². The van der Waals surface area contributed by atoms with Gasteiger partial charge in [-0.25, -0.2) is 0 Å². The maximum absolute atomic E-state index is 7.33. The van der Waals surface area contributed by atoms with Crippen molar-refractivity contribution in [3.05, 3.63) is 251 Å². The second kappa shape index (κ2) is 23.2. The molecule has 0 N–H and O–H groups in total. The Morgan fingerprint density at radius 1 is 0.272 bits per heavy atom. The van der Waals surface area contributed by atoms with E-state index in [1.54, 1.807) is 0 Å². The first-order valence-corrected chi connectivity index (χ1v) is 42.9. The quantitative estimate of drug-likeness (QED) is 0.149. The molecule has 18 aromatic rings. The minimum Gasteiger partial charge on any atom is -0.454 e. The second-order valence-corrected chi connectivity index (χ2v) is 42.4. The van der Waals surface area contributed by atoms with Crippen molar-refractivity contribution in [1.29, 1.82) is 0 Å². The Morgan fingerprint density at radius 2 is 0.640 bits per heavy atom. The molecule has 10 heterocycles. The van der Waals surface area contributed by atoms with Crippen molar-refractivity contribution in [2.45, 2.75) is 182 Å². The molecule has 12 aromatic carbocycles. The highest BCUT2D eigenvalue weighted by Gasteiger charge is 2.48. The van der Waals surface area contributed by atoms with E-state index in [0.717, 1.165) is 68.1 Å². The lowest BCUT2D eigenvalue weighted by molar-refractivity contribution is 0.375. The topological polar surface area (TPSA) is 42.6 Å². The van der Waals surface area contributed by atoms with Crippen LogP contribution in [0.5, 0.6) is 0 Å². The van der Waals surface area contributed by atoms with Crippen molar-refractivity contribution in [2.75, 3.05) is 9.80 Å². The van der Waals surface area contributed by atoms with E-state index in [1.165, 1.54) is 168 Å². The van der Waals surface area contributed by atoms with E-state index in [9.17, 15) is 0 Å². The molecule has 0 saturated heterocycles. The number of para-hydroxylation sites is 3. The molecule has 6 nitrogen and oxygen atoms in total. The summed E-state index contributed by atoms with van der Waals surface area (Å²) in [6, 6.07) is 83.3. The molecule has 4 aliphatic rings. The van der Waals surface area contributed by atoms with Gasteiger partial charge in [-0.3, -0.25) is 0 Å². The molecule has 0 bridgehead atoms. The minimum absolute atomic E-state index is 0.0411. The molecule has 6 aromatic heterocycles. The first kappa shape index (κ1) is 70.1. The number of nitrogens with zero attached hydrogens (tertiary/aromatic N) is 4. The van der Waals surface area contributed by atoms with Crippen LogP contribution in [0.2, 0.25) is 0 Å². The zero-order valence-electron chi connectivity index (χ0n) is 69.2. The van der Waals surface area contributed by atoms with Gasteiger partial charge in [-0.1, -0.05) is 259 Å². The zero-order chi connectivity index (χ0) is 78.6. The van der Waals surface area contributed by atoms with Gasteiger partial charge in [0.2, 0.25) is 0 Å². The number of thiophene rings is 2. The molecule has 0 aliphatic carbocycles. The van der Waals surface area contributed by atoms with Crippen LogP contribution >= 0.6 is 22.7 Å². The van der Waals surface area contributed by atoms with Gasteiger partial charge in [0, 0.05) is 86.6 Å². The smallest absolute Gasteiger partial charge is 0.252 e. The molecule has 10 heteroatoms. The van der Waals surface area contributed by atoms with Gasteiger partial charge < -0.3 is 27.8 Å². The van der Waals surface area contributed by atoms with E-state index in [4.69, 9.17) is 8.83 Å². The number of fused-ring (bicyclic) bond motifs is 24. The Balaban J connectivity index is 0.757. The van der Waals surface area contributed by atoms with Gasteiger partial charge in [-0.2, -0.15) is 0 Å². The summed E-state index contributed by atoms with van der Waals surface area (Å²) in [6.07, 6.45) is 1.85. The number of rotatable bonds is 7. The van der Waals surface area contributed by atoms with Crippen LogP contribution in [0.1, 0.15) is 183 Å². The third kappa shape index (κ3) is 9.85. The molecule has 0 radical (unpaired) electrons. The first-order valence-electron chi connectivity index (χ1n) is 41.3. The largest absolute Gasteiger partial charge is 0.454 e. The summed E-state index contributed by atoms with van der Waals surface area (Å²) in [6.45, 7) is 45.4. The van der Waals surface area contributed by atoms with Crippen LogP contribution in [0.15, 0.2) is 221 Å². The minimum atomic E-state index is -0.339. The summed E-state index contributed by atoms with van der Waals surface area (Å²) in [5, 5.41) is 9.81. The highest BCUT2D eigenvalue weighted by Crippen LogP contribution is 2.55. The van der Waals surface area contributed by atoms with E-state index >= 15 is 0 Å². The molecule has 562 valence electrons. The second-order valence-electron chi connectivity index (χ2n) is 40.3. The van der Waals surface area contributed by atoms with Gasteiger partial charge in [0.05, 0.1) is 42.8 Å². The fourth-order valence-electron chi connectivity index (χ4n) is 20.3. The fraction of sp³-hybridized carbons (Fsp3) is 0.269. The van der Waals surface area contributed by atoms with Gasteiger partial charge in [0.15, 0.2) is 11.2 Å². The van der Waals surface area contributed by atoms with E-state index in [-0.39, 0.29) is 51.3 Å². The van der Waals surface area contributed by atoms with E-state index < -0.39 is 0 Å². The molecular formula is C104H96B2N4O2S2. The highest BCUT2D eigenvalue weighted by molar-refractivity contribution is 7.27. The third-order valence-corrected chi connectivity index (χ3v) is 29.4. The van der Waals surface area contributed by atoms with Crippen LogP contribution < -0.4 is 42.6 Å². The summed E-state index contributed by atoms with van der Waals surface area (Å²) in [5.74, 6) is 0. The predicted octanol–water partition coefficient (Wildman–Crippen LogP) is 25.9. The van der Waals surface area contributed by atoms with E-state index in [1.807, 2.05) is 22.7 Å². The van der Waals surface area contributed by atoms with Crippen LogP contribution in [0.25, 0.3) is 118 Å². The lowest BCUT2D eigenvalue weighted by Gasteiger charge is -2.43. The molecular weight excluding hydrogens is 1420 g/mol. The van der Waals surface area contributed by atoms with Crippen LogP contribution in [-0.4, -0.2) is 22.6 Å². The van der Waals surface area contributed by atoms with E-state index in [2.05, 4.69) is 363 Å². The number of aromatic nitrogens is 2. The van der Waals surface area contributed by atoms with Crippen molar-refractivity contribution in [3.8, 4) is 11.4 Å². The molecule has 114 heavy (non-hydrogen) atoms. The molecule has 0 amide bonds. The fourth-order valence-corrected chi connectivity index (χ4v) is 22.7. The monoisotopic (exact) mass is 1520 g/mol. The highest BCUT2D eigenvalue weighted by atomic mass is 32.1. The lowest BCUT2D eigenvalue weighted by Crippen LogP contribution is -2.61. The average molecular weight is 1520 g/mol. The summed E-state index contributed by atoms with van der Waals surface area (Å²) in [4.78, 5) is 5.26. The maximum atomic E-state index is 7.33. The van der Waals surface area contributed by atoms with Crippen molar-refractivity contribution in [3.63, 3.8) is 0 Å². The molecule has 4 aliphatic heterocycles. The van der Waals surface area contributed by atoms with Crippen LogP contribution in [0.3, 0.4) is 0 Å². The molecule has 0 fully saturated rings. The Morgan fingerprint density at radius 3 is 1.14 bits per heavy atom. The number of furan rings is 2. The van der Waals surface area contributed by atoms with Crippen molar-refractivity contribution < 1.29 is 8.83 Å². The third-order valence-electron chi connectivity index (χ3n) is 27.0. The van der Waals surface area contributed by atoms with E-state index in [0.29, 0.717) is 0 Å². The molecule has 0 unspecified atom stereocenters. The van der Waals surface area contributed by atoms with Gasteiger partial charge in [-0.05, 0) is 207 Å². The van der Waals surface area contributed by atoms with Crippen molar-refractivity contribution in [2.24, 2.45) is 0 Å². The van der Waals surface area contributed by atoms with Gasteiger partial charge in [0.25, 0.3) is 13.4 Å². The summed E-state index contributed by atoms with van der Waals surface area (Å²) in [7, 11) is 0. The van der Waals surface area contributed by atoms with Crippen molar-refractivity contribution in [1.82, 2.24) is 9.13 Å². The first-order chi connectivity index (χ1) is 54.2. The number of anilines is 6. The van der Waals surface area contributed by atoms with Gasteiger partial charge in [0.1, 0.15) is 11.2 Å². The number of benzene rings is 12. The molecule has 0 spiro atoms. The average Bonchev–Trinajstić information content (AvgIpc) is 1.44. The lowest BCUT2D eigenvalue weighted by atomic mass is 9.33. The van der Waals surface area contributed by atoms with Gasteiger partial charge >= 0.3 is 0 Å². The Bertz CT molecular complexity index is 7300. The van der Waals surface area contributed by atoms with Crippen molar-refractivity contribution >= 4 is 209 Å². The summed E-state index contributed by atoms with van der Waals surface area (Å²) >= 11 is 3.92. The van der Waals surface area contributed by atoms with Gasteiger partial charge in [-0.15, -0.1) is 22.7 Å². The normalized spacial score (nSPS) is 14.4. The molecule has 22 rings (SSSR count).